The van der Waals surface area contributed by atoms with Crippen molar-refractivity contribution < 1.29 is 0 Å². The molecule has 0 amide bonds. The number of rotatable bonds is 8. The van der Waals surface area contributed by atoms with Gasteiger partial charge < -0.3 is 9.72 Å². The molecule has 0 fully saturated rings. The van der Waals surface area contributed by atoms with Crippen LogP contribution in [-0.4, -0.2) is 27.9 Å². The van der Waals surface area contributed by atoms with Crippen molar-refractivity contribution in [3.05, 3.63) is 35.8 Å². The largest absolute Gasteiger partial charge is 0.311 e. The third-order valence-corrected chi connectivity index (χ3v) is 4.02. The number of thioether (sulfide) groups is 1. The molecule has 0 unspecified atom stereocenters. The van der Waals surface area contributed by atoms with Gasteiger partial charge in [0.2, 0.25) is 0 Å². The van der Waals surface area contributed by atoms with Crippen LogP contribution >= 0.6 is 11.8 Å². The number of fused-ring (bicyclic) bond motifs is 1. The summed E-state index contributed by atoms with van der Waals surface area (Å²) >= 11 is 1.93. The Balaban J connectivity index is 1.80. The Labute approximate surface area is 119 Å². The van der Waals surface area contributed by atoms with Crippen molar-refractivity contribution >= 4 is 17.4 Å². The van der Waals surface area contributed by atoms with Crippen molar-refractivity contribution in [2.24, 2.45) is 0 Å². The van der Waals surface area contributed by atoms with Crippen LogP contribution in [0.1, 0.15) is 30.7 Å². The first-order chi connectivity index (χ1) is 9.33. The van der Waals surface area contributed by atoms with E-state index in [0.717, 1.165) is 24.4 Å². The van der Waals surface area contributed by atoms with E-state index in [1.807, 2.05) is 17.8 Å². The lowest BCUT2D eigenvalue weighted by Gasteiger charge is -2.06. The Kier molecular flexibility index (Phi) is 5.73. The summed E-state index contributed by atoms with van der Waals surface area (Å²) in [7, 11) is 0. The van der Waals surface area contributed by atoms with Gasteiger partial charge in [-0.1, -0.05) is 12.5 Å². The quantitative estimate of drug-likeness (QED) is 0.751. The van der Waals surface area contributed by atoms with Gasteiger partial charge in [0.05, 0.1) is 11.4 Å². The molecule has 104 valence electrons. The van der Waals surface area contributed by atoms with Crippen molar-refractivity contribution in [1.82, 2.24) is 14.7 Å². The number of hydrogen-bond acceptors (Lipinski definition) is 3. The van der Waals surface area contributed by atoms with Crippen molar-refractivity contribution in [3.8, 4) is 0 Å². The topological polar surface area (TPSA) is 29.3 Å². The molecule has 0 saturated heterocycles. The van der Waals surface area contributed by atoms with E-state index in [1.54, 1.807) is 0 Å². The molecule has 2 rings (SSSR count). The lowest BCUT2D eigenvalue weighted by Crippen LogP contribution is -2.16. The van der Waals surface area contributed by atoms with Gasteiger partial charge in [0.1, 0.15) is 5.65 Å². The number of nitrogens with one attached hydrogen (secondary N) is 1. The van der Waals surface area contributed by atoms with Crippen LogP contribution in [0.3, 0.4) is 0 Å². The van der Waals surface area contributed by atoms with Crippen LogP contribution in [-0.2, 0) is 6.54 Å². The average molecular weight is 277 g/mol. The molecule has 19 heavy (non-hydrogen) atoms. The zero-order valence-electron chi connectivity index (χ0n) is 11.9. The number of aromatic nitrogens is 2. The fourth-order valence-corrected chi connectivity index (χ4v) is 2.75. The van der Waals surface area contributed by atoms with Crippen LogP contribution in [0.15, 0.2) is 24.4 Å². The summed E-state index contributed by atoms with van der Waals surface area (Å²) in [6.45, 7) is 4.08. The molecule has 2 aromatic rings. The third-order valence-electron chi connectivity index (χ3n) is 3.32. The van der Waals surface area contributed by atoms with Gasteiger partial charge in [-0.05, 0) is 50.5 Å². The van der Waals surface area contributed by atoms with Gasteiger partial charge in [0.15, 0.2) is 0 Å². The molecule has 0 aliphatic carbocycles. The first kappa shape index (κ1) is 14.4. The highest BCUT2D eigenvalue weighted by atomic mass is 32.2. The van der Waals surface area contributed by atoms with E-state index < -0.39 is 0 Å². The maximum absolute atomic E-state index is 4.57. The van der Waals surface area contributed by atoms with Gasteiger partial charge >= 0.3 is 0 Å². The van der Waals surface area contributed by atoms with Gasteiger partial charge in [-0.25, -0.2) is 4.98 Å². The molecule has 0 aliphatic rings. The monoisotopic (exact) mass is 277 g/mol. The SMILES string of the molecule is CSCCCCCNCc1c(C)nc2ccccn12. The second kappa shape index (κ2) is 7.56. The fourth-order valence-electron chi connectivity index (χ4n) is 2.26. The minimum absolute atomic E-state index is 0.902. The average Bonchev–Trinajstić information content (AvgIpc) is 2.74. The van der Waals surface area contributed by atoms with E-state index in [9.17, 15) is 0 Å². The summed E-state index contributed by atoms with van der Waals surface area (Å²) in [4.78, 5) is 4.57. The maximum Gasteiger partial charge on any atom is 0.137 e. The Morgan fingerprint density at radius 1 is 1.26 bits per heavy atom. The van der Waals surface area contributed by atoms with Crippen LogP contribution in [0.2, 0.25) is 0 Å². The zero-order valence-corrected chi connectivity index (χ0v) is 12.7. The second-order valence-corrected chi connectivity index (χ2v) is 5.79. The Hall–Kier alpha value is -1.00. The molecule has 0 atom stereocenters. The van der Waals surface area contributed by atoms with Crippen molar-refractivity contribution in [2.45, 2.75) is 32.7 Å². The van der Waals surface area contributed by atoms with E-state index in [4.69, 9.17) is 0 Å². The Bertz CT molecular complexity index is 507. The number of unbranched alkanes of at least 4 members (excludes halogenated alkanes) is 2. The summed E-state index contributed by atoms with van der Waals surface area (Å²) in [5.74, 6) is 1.28. The lowest BCUT2D eigenvalue weighted by molar-refractivity contribution is 0.609. The summed E-state index contributed by atoms with van der Waals surface area (Å²) in [6.07, 6.45) is 8.17. The summed E-state index contributed by atoms with van der Waals surface area (Å²) in [5, 5.41) is 3.53. The summed E-state index contributed by atoms with van der Waals surface area (Å²) in [5.41, 5.74) is 3.44. The molecule has 1 N–H and O–H groups in total. The van der Waals surface area contributed by atoms with E-state index in [1.165, 1.54) is 30.7 Å². The summed E-state index contributed by atoms with van der Waals surface area (Å²) in [6, 6.07) is 6.14. The normalized spacial score (nSPS) is 11.3. The standard InChI is InChI=1S/C15H23N3S/c1-13-14(12-16-9-5-3-7-11-19-2)18-10-6-4-8-15(18)17-13/h4,6,8,10,16H,3,5,7,9,11-12H2,1-2H3. The number of hydrogen-bond donors (Lipinski definition) is 1. The molecule has 2 aromatic heterocycles. The molecule has 0 bridgehead atoms. The molecule has 3 nitrogen and oxygen atoms in total. The van der Waals surface area contributed by atoms with Crippen LogP contribution in [0.5, 0.6) is 0 Å². The fraction of sp³-hybridized carbons (Fsp3) is 0.533. The minimum atomic E-state index is 0.902. The second-order valence-electron chi connectivity index (χ2n) is 4.80. The highest BCUT2D eigenvalue weighted by molar-refractivity contribution is 7.98. The number of pyridine rings is 1. The molecular formula is C15H23N3S. The highest BCUT2D eigenvalue weighted by Crippen LogP contribution is 2.11. The maximum atomic E-state index is 4.57. The van der Waals surface area contributed by atoms with Crippen LogP contribution in [0, 0.1) is 6.92 Å². The van der Waals surface area contributed by atoms with Crippen molar-refractivity contribution in [2.75, 3.05) is 18.6 Å². The number of nitrogens with zero attached hydrogens (tertiary/aromatic N) is 2. The first-order valence-electron chi connectivity index (χ1n) is 6.95. The van der Waals surface area contributed by atoms with Gasteiger partial charge in [0.25, 0.3) is 0 Å². The molecule has 2 heterocycles. The van der Waals surface area contributed by atoms with E-state index >= 15 is 0 Å². The zero-order chi connectivity index (χ0) is 13.5. The third kappa shape index (κ3) is 3.98. The van der Waals surface area contributed by atoms with Crippen LogP contribution < -0.4 is 5.32 Å². The Morgan fingerprint density at radius 2 is 2.16 bits per heavy atom. The van der Waals surface area contributed by atoms with Gasteiger partial charge in [-0.15, -0.1) is 0 Å². The molecule has 0 radical (unpaired) electrons. The molecule has 0 aromatic carbocycles. The predicted molar refractivity (Wildman–Crippen MR) is 83.9 cm³/mol. The van der Waals surface area contributed by atoms with E-state index in [-0.39, 0.29) is 0 Å². The minimum Gasteiger partial charge on any atom is -0.311 e. The molecule has 4 heteroatoms. The molecule has 0 saturated carbocycles. The smallest absolute Gasteiger partial charge is 0.137 e. The number of aryl methyl sites for hydroxylation is 1. The number of imidazole rings is 1. The van der Waals surface area contributed by atoms with Gasteiger partial charge in [0, 0.05) is 12.7 Å². The lowest BCUT2D eigenvalue weighted by atomic mass is 10.2. The van der Waals surface area contributed by atoms with Crippen LogP contribution in [0.4, 0.5) is 0 Å². The van der Waals surface area contributed by atoms with Gasteiger partial charge in [-0.2, -0.15) is 11.8 Å². The van der Waals surface area contributed by atoms with Crippen molar-refractivity contribution in [1.29, 1.82) is 0 Å². The highest BCUT2D eigenvalue weighted by Gasteiger charge is 2.06. The first-order valence-corrected chi connectivity index (χ1v) is 8.34. The van der Waals surface area contributed by atoms with Gasteiger partial charge in [-0.3, -0.25) is 0 Å². The van der Waals surface area contributed by atoms with Crippen LogP contribution in [0.25, 0.3) is 5.65 Å². The van der Waals surface area contributed by atoms with E-state index in [2.05, 4.69) is 46.2 Å². The molecule has 0 aliphatic heterocycles. The summed E-state index contributed by atoms with van der Waals surface area (Å²) < 4.78 is 2.18. The molecular weight excluding hydrogens is 254 g/mol. The Morgan fingerprint density at radius 3 is 3.00 bits per heavy atom. The van der Waals surface area contributed by atoms with Crippen molar-refractivity contribution in [3.63, 3.8) is 0 Å². The van der Waals surface area contributed by atoms with E-state index in [0.29, 0.717) is 0 Å². The molecule has 0 spiro atoms. The predicted octanol–water partition coefficient (Wildman–Crippen LogP) is 3.27.